The lowest BCUT2D eigenvalue weighted by atomic mass is 9.99. The number of rotatable bonds is 4. The lowest BCUT2D eigenvalue weighted by Gasteiger charge is -2.40. The molecule has 2 fully saturated rings. The molecular formula is C24H27N3O3S. The van der Waals surface area contributed by atoms with Gasteiger partial charge in [-0.1, -0.05) is 24.6 Å². The molecule has 6 nitrogen and oxygen atoms in total. The topological polar surface area (TPSA) is 65.8 Å². The van der Waals surface area contributed by atoms with Gasteiger partial charge in [-0.3, -0.25) is 9.59 Å². The second-order valence-electron chi connectivity index (χ2n) is 8.35. The molecule has 2 aliphatic heterocycles. The van der Waals surface area contributed by atoms with Gasteiger partial charge in [-0.25, -0.2) is 0 Å². The molecule has 0 spiro atoms. The molecule has 7 heteroatoms. The van der Waals surface area contributed by atoms with E-state index >= 15 is 0 Å². The monoisotopic (exact) mass is 437 g/mol. The third-order valence-corrected chi connectivity index (χ3v) is 7.30. The molecule has 0 saturated carbocycles. The molecule has 1 N–H and O–H groups in total. The van der Waals surface area contributed by atoms with Crippen molar-refractivity contribution in [1.82, 2.24) is 9.80 Å². The Morgan fingerprint density at radius 3 is 2.48 bits per heavy atom. The maximum atomic E-state index is 13.4. The molecule has 3 aromatic rings. The number of anilines is 1. The molecule has 0 unspecified atom stereocenters. The highest BCUT2D eigenvalue weighted by Crippen LogP contribution is 2.33. The van der Waals surface area contributed by atoms with Gasteiger partial charge in [-0.2, -0.15) is 0 Å². The van der Waals surface area contributed by atoms with Crippen molar-refractivity contribution in [2.24, 2.45) is 0 Å². The molecule has 2 aliphatic rings. The Bertz CT molecular complexity index is 1060. The molecule has 2 amide bonds. The summed E-state index contributed by atoms with van der Waals surface area (Å²) in [5.41, 5.74) is 1.08. The van der Waals surface area contributed by atoms with Gasteiger partial charge in [0.1, 0.15) is 11.3 Å². The van der Waals surface area contributed by atoms with Crippen LogP contribution in [0.4, 0.5) is 5.69 Å². The van der Waals surface area contributed by atoms with Crippen molar-refractivity contribution in [3.8, 4) is 0 Å². The van der Waals surface area contributed by atoms with Crippen LogP contribution < -0.4 is 5.32 Å². The standard InChI is InChI=1S/C24H27N3O3S/c28-23(20-9-6-16-31-20)25-21-18-7-2-3-8-19(18)30-22(21)24(29)27-14-10-17(11-15-27)26-12-4-1-5-13-26/h2-3,6-9,16-17H,1,4-5,10-15H2,(H,25,28). The average molecular weight is 438 g/mol. The molecule has 2 saturated heterocycles. The minimum Gasteiger partial charge on any atom is -0.449 e. The van der Waals surface area contributed by atoms with Gasteiger partial charge in [0, 0.05) is 24.5 Å². The summed E-state index contributed by atoms with van der Waals surface area (Å²) < 4.78 is 5.96. The Labute approximate surface area is 185 Å². The van der Waals surface area contributed by atoms with Crippen LogP contribution in [0.3, 0.4) is 0 Å². The van der Waals surface area contributed by atoms with Gasteiger partial charge in [0.2, 0.25) is 5.76 Å². The second kappa shape index (κ2) is 8.85. The van der Waals surface area contributed by atoms with Crippen molar-refractivity contribution >= 4 is 39.8 Å². The van der Waals surface area contributed by atoms with Crippen LogP contribution >= 0.6 is 11.3 Å². The fourth-order valence-corrected chi connectivity index (χ4v) is 5.38. The summed E-state index contributed by atoms with van der Waals surface area (Å²) in [6.45, 7) is 3.80. The maximum absolute atomic E-state index is 13.4. The van der Waals surface area contributed by atoms with E-state index in [1.165, 1.54) is 43.7 Å². The number of carbonyl (C=O) groups excluding carboxylic acids is 2. The summed E-state index contributed by atoms with van der Waals surface area (Å²) in [6, 6.07) is 11.6. The van der Waals surface area contributed by atoms with E-state index in [1.807, 2.05) is 40.6 Å². The van der Waals surface area contributed by atoms with Crippen molar-refractivity contribution in [2.45, 2.75) is 38.1 Å². The fourth-order valence-electron chi connectivity index (χ4n) is 4.76. The number of nitrogens with one attached hydrogen (secondary N) is 1. The first-order valence-corrected chi connectivity index (χ1v) is 12.0. The zero-order valence-corrected chi connectivity index (χ0v) is 18.3. The van der Waals surface area contributed by atoms with Gasteiger partial charge >= 0.3 is 0 Å². The number of thiophene rings is 1. The number of amides is 2. The molecular weight excluding hydrogens is 410 g/mol. The number of para-hydroxylation sites is 1. The number of fused-ring (bicyclic) bond motifs is 1. The Hall–Kier alpha value is -2.64. The molecule has 2 aromatic heterocycles. The summed E-state index contributed by atoms with van der Waals surface area (Å²) >= 11 is 1.37. The summed E-state index contributed by atoms with van der Waals surface area (Å²) in [7, 11) is 0. The van der Waals surface area contributed by atoms with Crippen molar-refractivity contribution in [1.29, 1.82) is 0 Å². The minimum atomic E-state index is -0.223. The number of furan rings is 1. The molecule has 0 radical (unpaired) electrons. The number of piperidine rings is 2. The largest absolute Gasteiger partial charge is 0.449 e. The fraction of sp³-hybridized carbons (Fsp3) is 0.417. The van der Waals surface area contributed by atoms with E-state index in [-0.39, 0.29) is 17.6 Å². The molecule has 1 aromatic carbocycles. The van der Waals surface area contributed by atoms with E-state index in [9.17, 15) is 9.59 Å². The van der Waals surface area contributed by atoms with E-state index in [1.54, 1.807) is 6.07 Å². The van der Waals surface area contributed by atoms with Gasteiger partial charge in [-0.15, -0.1) is 11.3 Å². The lowest BCUT2D eigenvalue weighted by Crippen LogP contribution is -2.48. The van der Waals surface area contributed by atoms with E-state index < -0.39 is 0 Å². The van der Waals surface area contributed by atoms with Crippen LogP contribution in [0.25, 0.3) is 11.0 Å². The Kier molecular flexibility index (Phi) is 5.78. The SMILES string of the molecule is O=C(Nc1c(C(=O)N2CCC(N3CCCCC3)CC2)oc2ccccc12)c1cccs1. The van der Waals surface area contributed by atoms with Gasteiger partial charge < -0.3 is 19.5 Å². The number of carbonyl (C=O) groups is 2. The van der Waals surface area contributed by atoms with Crippen LogP contribution in [0.5, 0.6) is 0 Å². The molecule has 162 valence electrons. The van der Waals surface area contributed by atoms with Crippen molar-refractivity contribution in [3.05, 3.63) is 52.4 Å². The van der Waals surface area contributed by atoms with Crippen LogP contribution in [0, 0.1) is 0 Å². The highest BCUT2D eigenvalue weighted by molar-refractivity contribution is 7.12. The van der Waals surface area contributed by atoms with Gasteiger partial charge in [-0.05, 0) is 62.4 Å². The van der Waals surface area contributed by atoms with Crippen molar-refractivity contribution in [2.75, 3.05) is 31.5 Å². The minimum absolute atomic E-state index is 0.144. The highest BCUT2D eigenvalue weighted by Gasteiger charge is 2.31. The van der Waals surface area contributed by atoms with Crippen molar-refractivity contribution in [3.63, 3.8) is 0 Å². The van der Waals surface area contributed by atoms with E-state index in [2.05, 4.69) is 10.2 Å². The number of benzene rings is 1. The lowest BCUT2D eigenvalue weighted by molar-refractivity contribution is 0.0565. The first-order chi connectivity index (χ1) is 15.2. The van der Waals surface area contributed by atoms with E-state index in [0.717, 1.165) is 31.3 Å². The normalized spacial score (nSPS) is 18.4. The Balaban J connectivity index is 1.35. The molecule has 5 rings (SSSR count). The van der Waals surface area contributed by atoms with E-state index in [0.29, 0.717) is 22.2 Å². The molecule has 4 heterocycles. The quantitative estimate of drug-likeness (QED) is 0.634. The smallest absolute Gasteiger partial charge is 0.291 e. The first kappa shape index (κ1) is 20.3. The van der Waals surface area contributed by atoms with Crippen LogP contribution in [-0.2, 0) is 0 Å². The summed E-state index contributed by atoms with van der Waals surface area (Å²) in [6.07, 6.45) is 5.88. The molecule has 0 bridgehead atoms. The van der Waals surface area contributed by atoms with Crippen molar-refractivity contribution < 1.29 is 14.0 Å². The van der Waals surface area contributed by atoms with Crippen LogP contribution in [0.1, 0.15) is 52.3 Å². The zero-order valence-electron chi connectivity index (χ0n) is 17.5. The second-order valence-corrected chi connectivity index (χ2v) is 9.30. The first-order valence-electron chi connectivity index (χ1n) is 11.1. The summed E-state index contributed by atoms with van der Waals surface area (Å²) in [5.74, 6) is -0.142. The molecule has 0 aliphatic carbocycles. The molecule has 31 heavy (non-hydrogen) atoms. The maximum Gasteiger partial charge on any atom is 0.291 e. The third-order valence-electron chi connectivity index (χ3n) is 6.43. The van der Waals surface area contributed by atoms with Crippen LogP contribution in [-0.4, -0.2) is 53.8 Å². The zero-order chi connectivity index (χ0) is 21.2. The van der Waals surface area contributed by atoms with Gasteiger partial charge in [0.05, 0.1) is 4.88 Å². The molecule has 0 atom stereocenters. The van der Waals surface area contributed by atoms with Gasteiger partial charge in [0.25, 0.3) is 11.8 Å². The van der Waals surface area contributed by atoms with Crippen LogP contribution in [0.15, 0.2) is 46.2 Å². The predicted molar refractivity (Wildman–Crippen MR) is 123 cm³/mol. The number of likely N-dealkylation sites (tertiary alicyclic amines) is 2. The number of hydrogen-bond donors (Lipinski definition) is 1. The Morgan fingerprint density at radius 2 is 1.74 bits per heavy atom. The predicted octanol–water partition coefficient (Wildman–Crippen LogP) is 4.84. The summed E-state index contributed by atoms with van der Waals surface area (Å²) in [4.78, 5) is 31.2. The van der Waals surface area contributed by atoms with Crippen LogP contribution in [0.2, 0.25) is 0 Å². The van der Waals surface area contributed by atoms with Gasteiger partial charge in [0.15, 0.2) is 0 Å². The number of hydrogen-bond acceptors (Lipinski definition) is 5. The number of nitrogens with zero attached hydrogens (tertiary/aromatic N) is 2. The third kappa shape index (κ3) is 4.12. The van der Waals surface area contributed by atoms with E-state index in [4.69, 9.17) is 4.42 Å². The summed E-state index contributed by atoms with van der Waals surface area (Å²) in [5, 5.41) is 5.55. The average Bonchev–Trinajstić information content (AvgIpc) is 3.48. The highest BCUT2D eigenvalue weighted by atomic mass is 32.1. The Morgan fingerprint density at radius 1 is 0.968 bits per heavy atom.